The van der Waals surface area contributed by atoms with Gasteiger partial charge in [-0.15, -0.1) is 5.53 Å². The monoisotopic (exact) mass is 439 g/mol. The molecule has 2 aliphatic heterocycles. The van der Waals surface area contributed by atoms with Crippen molar-refractivity contribution in [2.24, 2.45) is 0 Å². The number of nitrogens with zero attached hydrogens (tertiary/aromatic N) is 3. The van der Waals surface area contributed by atoms with Gasteiger partial charge in [-0.1, -0.05) is 18.6 Å². The fraction of sp³-hybridized carbons (Fsp3) is 0.600. The molecule has 1 aromatic rings. The van der Waals surface area contributed by atoms with Gasteiger partial charge in [0.15, 0.2) is 9.84 Å². The molecular formula is C20H33N5O4S. The molecular weight excluding hydrogens is 406 g/mol. The van der Waals surface area contributed by atoms with E-state index in [2.05, 4.69) is 21.8 Å². The van der Waals surface area contributed by atoms with Crippen LogP contribution >= 0.6 is 0 Å². The minimum absolute atomic E-state index is 0.137. The average molecular weight is 440 g/mol. The lowest BCUT2D eigenvalue weighted by Crippen LogP contribution is -2.42. The van der Waals surface area contributed by atoms with Crippen LogP contribution in [0.5, 0.6) is 5.75 Å². The molecule has 1 atom stereocenters. The van der Waals surface area contributed by atoms with Crippen LogP contribution in [0.2, 0.25) is 0 Å². The van der Waals surface area contributed by atoms with Crippen molar-refractivity contribution in [3.63, 3.8) is 0 Å². The molecule has 1 aromatic carbocycles. The predicted molar refractivity (Wildman–Crippen MR) is 116 cm³/mol. The van der Waals surface area contributed by atoms with Gasteiger partial charge in [-0.3, -0.25) is 14.9 Å². The number of hydrogen-bond acceptors (Lipinski definition) is 9. The summed E-state index contributed by atoms with van der Waals surface area (Å²) >= 11 is 0. The molecule has 1 fully saturated rings. The van der Waals surface area contributed by atoms with Crippen molar-refractivity contribution in [2.45, 2.75) is 31.9 Å². The van der Waals surface area contributed by atoms with E-state index in [4.69, 9.17) is 4.74 Å². The zero-order valence-corrected chi connectivity index (χ0v) is 18.6. The van der Waals surface area contributed by atoms with Gasteiger partial charge in [-0.25, -0.2) is 8.42 Å². The topological polar surface area (TPSA) is 97.4 Å². The molecule has 1 saturated heterocycles. The molecule has 0 bridgehead atoms. The maximum Gasteiger partial charge on any atom is 0.167 e. The second-order valence-corrected chi connectivity index (χ2v) is 10.1. The number of piperidine rings is 1. The maximum atomic E-state index is 11.4. The van der Waals surface area contributed by atoms with Crippen LogP contribution in [-0.4, -0.2) is 80.0 Å². The van der Waals surface area contributed by atoms with Gasteiger partial charge in [-0.05, 0) is 43.6 Å². The highest BCUT2D eigenvalue weighted by atomic mass is 32.2. The molecule has 0 aliphatic carbocycles. The number of aliphatic hydroxyl groups excluding tert-OH is 1. The summed E-state index contributed by atoms with van der Waals surface area (Å²) in [4.78, 5) is 2.47. The quantitative estimate of drug-likeness (QED) is 0.481. The summed E-state index contributed by atoms with van der Waals surface area (Å²) in [5, 5.41) is 16.5. The zero-order valence-electron chi connectivity index (χ0n) is 17.7. The Morgan fingerprint density at radius 3 is 2.77 bits per heavy atom. The SMILES string of the molecule is CN1NN(CS(C)(=O)=O)C=C1NCC(O)COc1cccc(CN2CCCCC2)c1. The van der Waals surface area contributed by atoms with Gasteiger partial charge >= 0.3 is 0 Å². The second kappa shape index (κ2) is 10.3. The average Bonchev–Trinajstić information content (AvgIpc) is 3.03. The molecule has 3 rings (SSSR count). The molecule has 0 amide bonds. The summed E-state index contributed by atoms with van der Waals surface area (Å²) in [6, 6.07) is 8.03. The standard InChI is InChI=1S/C20H33N5O4S/c1-23-20(14-25(22-23)16-30(2,27)28)21-12-18(26)15-29-19-8-6-7-17(11-19)13-24-9-4-3-5-10-24/h6-8,11,14,18,21-22,26H,3-5,9-10,12-13,15-16H2,1-2H3. The Balaban J connectivity index is 1.43. The van der Waals surface area contributed by atoms with Crippen LogP contribution in [0, 0.1) is 0 Å². The fourth-order valence-corrected chi connectivity index (χ4v) is 4.21. The van der Waals surface area contributed by atoms with Gasteiger partial charge < -0.3 is 15.2 Å². The number of hydrazine groups is 2. The molecule has 2 aliphatic rings. The summed E-state index contributed by atoms with van der Waals surface area (Å²) in [6.07, 6.45) is 5.97. The van der Waals surface area contributed by atoms with Crippen LogP contribution in [-0.2, 0) is 16.4 Å². The third-order valence-electron chi connectivity index (χ3n) is 5.01. The first kappa shape index (κ1) is 22.7. The third-order valence-corrected chi connectivity index (χ3v) is 5.75. The largest absolute Gasteiger partial charge is 0.491 e. The zero-order chi connectivity index (χ0) is 21.6. The lowest BCUT2D eigenvalue weighted by molar-refractivity contribution is 0.104. The Hall–Kier alpha value is -2.01. The molecule has 0 aromatic heterocycles. The van der Waals surface area contributed by atoms with Crippen molar-refractivity contribution in [3.05, 3.63) is 41.8 Å². The molecule has 0 spiro atoms. The van der Waals surface area contributed by atoms with Gasteiger partial charge in [0.2, 0.25) is 0 Å². The van der Waals surface area contributed by atoms with E-state index in [1.165, 1.54) is 36.1 Å². The van der Waals surface area contributed by atoms with Crippen LogP contribution in [0.25, 0.3) is 0 Å². The molecule has 3 N–H and O–H groups in total. The Bertz CT molecular complexity index is 826. The van der Waals surface area contributed by atoms with Gasteiger partial charge in [0, 0.05) is 26.4 Å². The maximum absolute atomic E-state index is 11.4. The van der Waals surface area contributed by atoms with E-state index in [0.717, 1.165) is 25.4 Å². The van der Waals surface area contributed by atoms with Gasteiger partial charge in [0.05, 0.1) is 6.20 Å². The van der Waals surface area contributed by atoms with E-state index in [-0.39, 0.29) is 19.0 Å². The highest BCUT2D eigenvalue weighted by Gasteiger charge is 2.20. The molecule has 1 unspecified atom stereocenters. The molecule has 9 nitrogen and oxygen atoms in total. The molecule has 10 heteroatoms. The summed E-state index contributed by atoms with van der Waals surface area (Å²) < 4.78 is 28.6. The third kappa shape index (κ3) is 7.35. The van der Waals surface area contributed by atoms with Crippen LogP contribution in [0.1, 0.15) is 24.8 Å². The number of likely N-dealkylation sites (tertiary alicyclic amines) is 1. The number of sulfone groups is 1. The smallest absolute Gasteiger partial charge is 0.167 e. The lowest BCUT2D eigenvalue weighted by Gasteiger charge is -2.26. The number of rotatable bonds is 10. The van der Waals surface area contributed by atoms with Gasteiger partial charge in [-0.2, -0.15) is 0 Å². The highest BCUT2D eigenvalue weighted by molar-refractivity contribution is 7.90. The molecule has 168 valence electrons. The Kier molecular flexibility index (Phi) is 7.81. The fourth-order valence-electron chi connectivity index (χ4n) is 3.58. The first-order valence-corrected chi connectivity index (χ1v) is 12.4. The van der Waals surface area contributed by atoms with Crippen LogP contribution < -0.4 is 15.6 Å². The molecule has 0 saturated carbocycles. The summed E-state index contributed by atoms with van der Waals surface area (Å²) in [7, 11) is -1.38. The Morgan fingerprint density at radius 2 is 2.03 bits per heavy atom. The minimum atomic E-state index is -3.15. The van der Waals surface area contributed by atoms with Gasteiger partial charge in [0.1, 0.15) is 30.2 Å². The Morgan fingerprint density at radius 1 is 1.27 bits per heavy atom. The second-order valence-electron chi connectivity index (χ2n) is 8.03. The molecule has 2 heterocycles. The van der Waals surface area contributed by atoms with Crippen molar-refractivity contribution >= 4 is 9.84 Å². The van der Waals surface area contributed by atoms with Crippen molar-refractivity contribution in [1.82, 2.24) is 25.8 Å². The van der Waals surface area contributed by atoms with E-state index in [1.807, 2.05) is 18.2 Å². The number of hydrogen-bond donors (Lipinski definition) is 3. The first-order chi connectivity index (χ1) is 14.3. The van der Waals surface area contributed by atoms with Gasteiger partial charge in [0.25, 0.3) is 0 Å². The van der Waals surface area contributed by atoms with Crippen LogP contribution in [0.3, 0.4) is 0 Å². The van der Waals surface area contributed by atoms with Crippen molar-refractivity contribution < 1.29 is 18.3 Å². The predicted octanol–water partition coefficient (Wildman–Crippen LogP) is 0.470. The van der Waals surface area contributed by atoms with Crippen LogP contribution in [0.4, 0.5) is 0 Å². The van der Waals surface area contributed by atoms with Crippen molar-refractivity contribution in [3.8, 4) is 5.75 Å². The number of nitrogens with one attached hydrogen (secondary N) is 2. The molecule has 30 heavy (non-hydrogen) atoms. The highest BCUT2D eigenvalue weighted by Crippen LogP contribution is 2.18. The Labute approximate surface area is 179 Å². The summed E-state index contributed by atoms with van der Waals surface area (Å²) in [5.74, 6) is 1.28. The van der Waals surface area contributed by atoms with Crippen molar-refractivity contribution in [1.29, 1.82) is 0 Å². The number of aliphatic hydroxyl groups is 1. The molecule has 0 radical (unpaired) electrons. The normalized spacial score (nSPS) is 19.0. The van der Waals surface area contributed by atoms with Crippen LogP contribution in [0.15, 0.2) is 36.3 Å². The van der Waals surface area contributed by atoms with E-state index < -0.39 is 15.9 Å². The van der Waals surface area contributed by atoms with E-state index >= 15 is 0 Å². The minimum Gasteiger partial charge on any atom is -0.491 e. The van der Waals surface area contributed by atoms with E-state index in [0.29, 0.717) is 5.82 Å². The van der Waals surface area contributed by atoms with E-state index in [9.17, 15) is 13.5 Å². The summed E-state index contributed by atoms with van der Waals surface area (Å²) in [5.41, 5.74) is 4.12. The summed E-state index contributed by atoms with van der Waals surface area (Å²) in [6.45, 7) is 3.67. The van der Waals surface area contributed by atoms with Crippen molar-refractivity contribution in [2.75, 3.05) is 45.4 Å². The first-order valence-electron chi connectivity index (χ1n) is 10.3. The van der Waals surface area contributed by atoms with E-state index in [1.54, 1.807) is 18.3 Å². The number of ether oxygens (including phenoxy) is 1. The number of benzene rings is 1. The lowest BCUT2D eigenvalue weighted by atomic mass is 10.1.